The molecule has 0 radical (unpaired) electrons. The lowest BCUT2D eigenvalue weighted by Crippen LogP contribution is -2.60. The molecule has 2 aliphatic heterocycles. The van der Waals surface area contributed by atoms with Crippen molar-refractivity contribution < 1.29 is 27.9 Å². The van der Waals surface area contributed by atoms with Crippen molar-refractivity contribution in [1.82, 2.24) is 9.79 Å². The van der Waals surface area contributed by atoms with Crippen LogP contribution >= 0.6 is 0 Å². The quantitative estimate of drug-likeness (QED) is 0.371. The number of nitrogens with one attached hydrogen (secondary N) is 1. The standard InChI is InChI=1S/C20H30N2O6S/c23-19(21-24)20(10-15-27-16-11-20)29(25,26)22-12-8-18(9-13-22)28-14-4-7-17-5-2-1-3-6-17/h1-3,5-6,18,24H,4,7-16H2,(H,21,23). The molecule has 1 aromatic rings. The largest absolute Gasteiger partial charge is 0.381 e. The van der Waals surface area contributed by atoms with Gasteiger partial charge < -0.3 is 9.47 Å². The summed E-state index contributed by atoms with van der Waals surface area (Å²) in [5.74, 6) is -0.875. The first kappa shape index (κ1) is 22.2. The second-order valence-electron chi connectivity index (χ2n) is 7.61. The van der Waals surface area contributed by atoms with Crippen LogP contribution in [0, 0.1) is 0 Å². The predicted molar refractivity (Wildman–Crippen MR) is 107 cm³/mol. The zero-order valence-electron chi connectivity index (χ0n) is 16.6. The number of amides is 1. The predicted octanol–water partition coefficient (Wildman–Crippen LogP) is 1.48. The second kappa shape index (κ2) is 9.99. The molecule has 9 heteroatoms. The number of sulfonamides is 1. The molecule has 8 nitrogen and oxygen atoms in total. The summed E-state index contributed by atoms with van der Waals surface area (Å²) in [6, 6.07) is 10.2. The van der Waals surface area contributed by atoms with Crippen LogP contribution in [-0.4, -0.2) is 67.6 Å². The molecule has 1 amide bonds. The maximum Gasteiger partial charge on any atom is 0.266 e. The van der Waals surface area contributed by atoms with E-state index in [1.54, 1.807) is 5.48 Å². The molecule has 0 aromatic heterocycles. The van der Waals surface area contributed by atoms with E-state index in [1.807, 2.05) is 18.2 Å². The summed E-state index contributed by atoms with van der Waals surface area (Å²) in [4.78, 5) is 12.3. The number of ether oxygens (including phenoxy) is 2. The van der Waals surface area contributed by atoms with Crippen molar-refractivity contribution in [1.29, 1.82) is 0 Å². The van der Waals surface area contributed by atoms with Crippen molar-refractivity contribution in [2.45, 2.75) is 49.4 Å². The monoisotopic (exact) mass is 426 g/mol. The maximum atomic E-state index is 13.2. The minimum atomic E-state index is -3.92. The first-order chi connectivity index (χ1) is 14.0. The zero-order valence-corrected chi connectivity index (χ0v) is 17.4. The van der Waals surface area contributed by atoms with Crippen LogP contribution in [0.2, 0.25) is 0 Å². The van der Waals surface area contributed by atoms with Gasteiger partial charge in [0.05, 0.1) is 6.10 Å². The fraction of sp³-hybridized carbons (Fsp3) is 0.650. The topological polar surface area (TPSA) is 105 Å². The molecule has 162 valence electrons. The van der Waals surface area contributed by atoms with E-state index >= 15 is 0 Å². The minimum Gasteiger partial charge on any atom is -0.381 e. The van der Waals surface area contributed by atoms with Crippen molar-refractivity contribution in [2.75, 3.05) is 32.9 Å². The number of hydroxylamine groups is 1. The van der Waals surface area contributed by atoms with Crippen molar-refractivity contribution >= 4 is 15.9 Å². The third-order valence-corrected chi connectivity index (χ3v) is 8.48. The summed E-state index contributed by atoms with van der Waals surface area (Å²) in [6.07, 6.45) is 3.16. The Morgan fingerprint density at radius 3 is 2.48 bits per heavy atom. The summed E-state index contributed by atoms with van der Waals surface area (Å²) in [5, 5.41) is 9.12. The number of rotatable bonds is 8. The Labute approximate surface area is 172 Å². The van der Waals surface area contributed by atoms with E-state index in [0.717, 1.165) is 12.8 Å². The van der Waals surface area contributed by atoms with E-state index in [9.17, 15) is 13.2 Å². The smallest absolute Gasteiger partial charge is 0.266 e. The van der Waals surface area contributed by atoms with Crippen LogP contribution < -0.4 is 5.48 Å². The lowest BCUT2D eigenvalue weighted by molar-refractivity contribution is -0.134. The number of nitrogens with zero attached hydrogens (tertiary/aromatic N) is 1. The van der Waals surface area contributed by atoms with E-state index in [4.69, 9.17) is 14.7 Å². The molecule has 2 saturated heterocycles. The summed E-state index contributed by atoms with van der Waals surface area (Å²) in [5.41, 5.74) is 2.83. The lowest BCUT2D eigenvalue weighted by atomic mass is 9.98. The van der Waals surface area contributed by atoms with Gasteiger partial charge in [0.2, 0.25) is 10.0 Å². The van der Waals surface area contributed by atoms with Gasteiger partial charge in [-0.2, -0.15) is 0 Å². The Bertz CT molecular complexity index is 756. The van der Waals surface area contributed by atoms with Gasteiger partial charge in [-0.3, -0.25) is 10.0 Å². The minimum absolute atomic E-state index is 0.0227. The third-order valence-electron chi connectivity index (χ3n) is 5.86. The van der Waals surface area contributed by atoms with Gasteiger partial charge in [0.15, 0.2) is 4.75 Å². The van der Waals surface area contributed by atoms with Gasteiger partial charge in [-0.25, -0.2) is 18.2 Å². The summed E-state index contributed by atoms with van der Waals surface area (Å²) >= 11 is 0. The molecule has 29 heavy (non-hydrogen) atoms. The van der Waals surface area contributed by atoms with Crippen LogP contribution in [-0.2, 0) is 30.7 Å². The average molecular weight is 427 g/mol. The Morgan fingerprint density at radius 2 is 1.86 bits per heavy atom. The number of hydrogen-bond donors (Lipinski definition) is 2. The highest BCUT2D eigenvalue weighted by Gasteiger charge is 2.54. The van der Waals surface area contributed by atoms with Crippen LogP contribution in [0.4, 0.5) is 0 Å². The molecule has 0 atom stereocenters. The highest BCUT2D eigenvalue weighted by Crippen LogP contribution is 2.34. The third kappa shape index (κ3) is 4.97. The molecule has 2 fully saturated rings. The molecule has 2 aliphatic rings. The number of benzene rings is 1. The van der Waals surface area contributed by atoms with Gasteiger partial charge in [-0.15, -0.1) is 0 Å². The molecule has 1 aromatic carbocycles. The highest BCUT2D eigenvalue weighted by molar-refractivity contribution is 7.91. The van der Waals surface area contributed by atoms with E-state index in [0.29, 0.717) is 32.5 Å². The van der Waals surface area contributed by atoms with Crippen molar-refractivity contribution in [3.05, 3.63) is 35.9 Å². The molecule has 0 bridgehead atoms. The van der Waals surface area contributed by atoms with Crippen molar-refractivity contribution in [3.8, 4) is 0 Å². The second-order valence-corrected chi connectivity index (χ2v) is 9.86. The van der Waals surface area contributed by atoms with Crippen LogP contribution in [0.25, 0.3) is 0 Å². The number of hydrogen-bond acceptors (Lipinski definition) is 6. The molecule has 0 unspecified atom stereocenters. The fourth-order valence-corrected chi connectivity index (χ4v) is 6.21. The average Bonchev–Trinajstić information content (AvgIpc) is 2.77. The Hall–Kier alpha value is -1.52. The highest BCUT2D eigenvalue weighted by atomic mass is 32.2. The SMILES string of the molecule is O=C(NO)C1(S(=O)(=O)N2CCC(OCCCc3ccccc3)CC2)CCOCC1. The van der Waals surface area contributed by atoms with E-state index in [-0.39, 0.29) is 32.2 Å². The van der Waals surface area contributed by atoms with Crippen molar-refractivity contribution in [3.63, 3.8) is 0 Å². The number of aryl methyl sites for hydroxylation is 1. The lowest BCUT2D eigenvalue weighted by Gasteiger charge is -2.40. The van der Waals surface area contributed by atoms with Gasteiger partial charge in [0, 0.05) is 45.8 Å². The van der Waals surface area contributed by atoms with Gasteiger partial charge in [-0.05, 0) is 31.2 Å². The van der Waals surface area contributed by atoms with E-state index < -0.39 is 20.7 Å². The summed E-state index contributed by atoms with van der Waals surface area (Å²) in [6.45, 7) is 1.61. The van der Waals surface area contributed by atoms with E-state index in [2.05, 4.69) is 12.1 Å². The Kier molecular flexibility index (Phi) is 7.64. The first-order valence-electron chi connectivity index (χ1n) is 10.2. The van der Waals surface area contributed by atoms with Crippen molar-refractivity contribution in [2.24, 2.45) is 0 Å². The van der Waals surface area contributed by atoms with Gasteiger partial charge in [-0.1, -0.05) is 30.3 Å². The maximum absolute atomic E-state index is 13.2. The van der Waals surface area contributed by atoms with Crippen LogP contribution in [0.15, 0.2) is 30.3 Å². The van der Waals surface area contributed by atoms with Crippen LogP contribution in [0.1, 0.15) is 37.7 Å². The normalized spacial score (nSPS) is 21.0. The first-order valence-corrected chi connectivity index (χ1v) is 11.6. The molecule has 0 spiro atoms. The van der Waals surface area contributed by atoms with Crippen LogP contribution in [0.5, 0.6) is 0 Å². The number of piperidine rings is 1. The van der Waals surface area contributed by atoms with Crippen LogP contribution in [0.3, 0.4) is 0 Å². The summed E-state index contributed by atoms with van der Waals surface area (Å²) < 4.78 is 37.4. The zero-order chi connectivity index (χ0) is 20.7. The molecule has 2 N–H and O–H groups in total. The molecule has 2 heterocycles. The summed E-state index contributed by atoms with van der Waals surface area (Å²) in [7, 11) is -3.92. The molecular weight excluding hydrogens is 396 g/mol. The van der Waals surface area contributed by atoms with Gasteiger partial charge >= 0.3 is 0 Å². The molecular formula is C20H30N2O6S. The van der Waals surface area contributed by atoms with Gasteiger partial charge in [0.25, 0.3) is 5.91 Å². The number of carbonyl (C=O) groups is 1. The number of carbonyl (C=O) groups excluding carboxylic acids is 1. The molecule has 0 saturated carbocycles. The molecule has 0 aliphatic carbocycles. The Balaban J connectivity index is 1.50. The Morgan fingerprint density at radius 1 is 1.21 bits per heavy atom. The fourth-order valence-electron chi connectivity index (χ4n) is 4.06. The molecule has 3 rings (SSSR count). The van der Waals surface area contributed by atoms with E-state index in [1.165, 1.54) is 9.87 Å². The van der Waals surface area contributed by atoms with Gasteiger partial charge in [0.1, 0.15) is 0 Å².